The van der Waals surface area contributed by atoms with Crippen molar-refractivity contribution in [2.75, 3.05) is 0 Å². The van der Waals surface area contributed by atoms with E-state index >= 15 is 0 Å². The number of nitrogens with one attached hydrogen (secondary N) is 1. The van der Waals surface area contributed by atoms with E-state index in [2.05, 4.69) is 21.9 Å². The van der Waals surface area contributed by atoms with Crippen LogP contribution in [0, 0.1) is 0 Å². The van der Waals surface area contributed by atoms with Crippen molar-refractivity contribution in [3.8, 4) is 11.3 Å². The van der Waals surface area contributed by atoms with Gasteiger partial charge in [0.1, 0.15) is 0 Å². The number of nitrogens with zero attached hydrogens (tertiary/aromatic N) is 2. The van der Waals surface area contributed by atoms with Gasteiger partial charge >= 0.3 is 0 Å². The molecule has 0 saturated heterocycles. The van der Waals surface area contributed by atoms with Crippen molar-refractivity contribution < 1.29 is 4.42 Å². The molecule has 0 aliphatic carbocycles. The number of benzene rings is 1. The highest BCUT2D eigenvalue weighted by Gasteiger charge is 2.08. The van der Waals surface area contributed by atoms with Crippen molar-refractivity contribution in [2.45, 2.75) is 30.7 Å². The van der Waals surface area contributed by atoms with Crippen molar-refractivity contribution in [3.63, 3.8) is 0 Å². The van der Waals surface area contributed by atoms with Crippen molar-refractivity contribution in [1.82, 2.24) is 15.0 Å². The van der Waals surface area contributed by atoms with Gasteiger partial charge in [0.05, 0.1) is 11.9 Å². The zero-order valence-electron chi connectivity index (χ0n) is 12.8. The predicted molar refractivity (Wildman–Crippen MR) is 90.4 cm³/mol. The fourth-order valence-corrected chi connectivity index (χ4v) is 2.93. The van der Waals surface area contributed by atoms with E-state index in [9.17, 15) is 4.79 Å². The highest BCUT2D eigenvalue weighted by molar-refractivity contribution is 7.98. The van der Waals surface area contributed by atoms with Gasteiger partial charge in [0.15, 0.2) is 10.9 Å². The first kappa shape index (κ1) is 15.6. The average molecular weight is 327 g/mol. The van der Waals surface area contributed by atoms with Crippen LogP contribution in [0.1, 0.15) is 24.9 Å². The number of rotatable bonds is 6. The summed E-state index contributed by atoms with van der Waals surface area (Å²) < 4.78 is 5.75. The van der Waals surface area contributed by atoms with E-state index in [1.807, 2.05) is 30.3 Å². The normalized spacial score (nSPS) is 10.8. The molecule has 5 nitrogen and oxygen atoms in total. The predicted octanol–water partition coefficient (Wildman–Crippen LogP) is 3.67. The molecule has 2 aromatic heterocycles. The third-order valence-electron chi connectivity index (χ3n) is 3.22. The Labute approximate surface area is 138 Å². The minimum atomic E-state index is -0.122. The monoisotopic (exact) mass is 327 g/mol. The molecule has 3 rings (SSSR count). The van der Waals surface area contributed by atoms with Gasteiger partial charge in [-0.2, -0.15) is 0 Å². The number of hydrogen-bond acceptors (Lipinski definition) is 5. The molecule has 1 N–H and O–H groups in total. The van der Waals surface area contributed by atoms with Gasteiger partial charge in [-0.15, -0.1) is 0 Å². The molecular weight excluding hydrogens is 310 g/mol. The van der Waals surface area contributed by atoms with E-state index < -0.39 is 0 Å². The molecule has 0 amide bonds. The Morgan fingerprint density at radius 1 is 1.26 bits per heavy atom. The summed E-state index contributed by atoms with van der Waals surface area (Å²) >= 11 is 1.41. The third kappa shape index (κ3) is 4.10. The van der Waals surface area contributed by atoms with E-state index in [0.717, 1.165) is 29.9 Å². The lowest BCUT2D eigenvalue weighted by atomic mass is 10.2. The zero-order valence-corrected chi connectivity index (χ0v) is 13.6. The Kier molecular flexibility index (Phi) is 4.92. The topological polar surface area (TPSA) is 71.8 Å². The number of hydrogen-bond donors (Lipinski definition) is 1. The average Bonchev–Trinajstić information content (AvgIpc) is 3.03. The highest BCUT2D eigenvalue weighted by atomic mass is 32.2. The number of H-pyrrole nitrogens is 1. The Bertz CT molecular complexity index is 827. The van der Waals surface area contributed by atoms with E-state index in [4.69, 9.17) is 4.42 Å². The molecule has 0 aliphatic rings. The van der Waals surface area contributed by atoms with Gasteiger partial charge in [-0.25, -0.2) is 9.97 Å². The SMILES string of the molecule is CCCc1cc(=O)[nH]c(SCc2ncc(-c3ccccc3)o2)n1. The van der Waals surface area contributed by atoms with Crippen LogP contribution in [0.2, 0.25) is 0 Å². The maximum Gasteiger partial charge on any atom is 0.251 e. The maximum absolute atomic E-state index is 11.6. The molecule has 1 aromatic carbocycles. The van der Waals surface area contributed by atoms with Crippen molar-refractivity contribution in [1.29, 1.82) is 0 Å². The van der Waals surface area contributed by atoms with Crippen molar-refractivity contribution in [3.05, 3.63) is 64.5 Å². The maximum atomic E-state index is 11.6. The van der Waals surface area contributed by atoms with Gasteiger partial charge in [-0.3, -0.25) is 4.79 Å². The zero-order chi connectivity index (χ0) is 16.1. The van der Waals surface area contributed by atoms with E-state index in [1.54, 1.807) is 12.3 Å². The van der Waals surface area contributed by atoms with Crippen molar-refractivity contribution in [2.24, 2.45) is 0 Å². The Hall–Kier alpha value is -2.34. The Morgan fingerprint density at radius 3 is 2.87 bits per heavy atom. The molecule has 2 heterocycles. The van der Waals surface area contributed by atoms with Crippen LogP contribution in [0.15, 0.2) is 57.0 Å². The lowest BCUT2D eigenvalue weighted by Crippen LogP contribution is -2.09. The third-order valence-corrected chi connectivity index (χ3v) is 4.08. The number of aromatic nitrogens is 3. The lowest BCUT2D eigenvalue weighted by Gasteiger charge is -2.01. The minimum absolute atomic E-state index is 0.122. The van der Waals surface area contributed by atoms with Crippen LogP contribution in [0.5, 0.6) is 0 Å². The summed E-state index contributed by atoms with van der Waals surface area (Å²) in [5.41, 5.74) is 1.69. The van der Waals surface area contributed by atoms with Crippen LogP contribution >= 0.6 is 11.8 Å². The summed E-state index contributed by atoms with van der Waals surface area (Å²) in [6, 6.07) is 11.4. The molecule has 0 radical (unpaired) electrons. The van der Waals surface area contributed by atoms with Crippen LogP contribution in [0.4, 0.5) is 0 Å². The Balaban J connectivity index is 1.69. The molecule has 3 aromatic rings. The second-order valence-corrected chi connectivity index (χ2v) is 6.03. The molecule has 0 aliphatic heterocycles. The quantitative estimate of drug-likeness (QED) is 0.552. The first-order valence-corrected chi connectivity index (χ1v) is 8.46. The van der Waals surface area contributed by atoms with Crippen LogP contribution in [-0.4, -0.2) is 15.0 Å². The molecule has 0 spiro atoms. The largest absolute Gasteiger partial charge is 0.440 e. The molecule has 118 valence electrons. The second-order valence-electron chi connectivity index (χ2n) is 5.06. The standard InChI is InChI=1S/C17H17N3O2S/c1-2-6-13-9-15(21)20-17(19-13)23-11-16-18-10-14(22-16)12-7-4-3-5-8-12/h3-5,7-10H,2,6,11H2,1H3,(H,19,20,21). The molecule has 0 atom stereocenters. The first-order valence-electron chi connectivity index (χ1n) is 7.48. The number of aryl methyl sites for hydroxylation is 1. The van der Waals surface area contributed by atoms with Crippen LogP contribution in [0.3, 0.4) is 0 Å². The Morgan fingerprint density at radius 2 is 2.09 bits per heavy atom. The molecule has 23 heavy (non-hydrogen) atoms. The molecule has 0 saturated carbocycles. The van der Waals surface area contributed by atoms with E-state index in [0.29, 0.717) is 16.8 Å². The van der Waals surface area contributed by atoms with E-state index in [-0.39, 0.29) is 5.56 Å². The number of thioether (sulfide) groups is 1. The van der Waals surface area contributed by atoms with Gasteiger partial charge in [0.2, 0.25) is 5.89 Å². The first-order chi connectivity index (χ1) is 11.2. The smallest absolute Gasteiger partial charge is 0.251 e. The summed E-state index contributed by atoms with van der Waals surface area (Å²) in [6.07, 6.45) is 3.48. The van der Waals surface area contributed by atoms with Gasteiger partial charge in [-0.05, 0) is 6.42 Å². The fourth-order valence-electron chi connectivity index (χ4n) is 2.18. The van der Waals surface area contributed by atoms with Gasteiger partial charge < -0.3 is 9.40 Å². The van der Waals surface area contributed by atoms with Crippen LogP contribution in [-0.2, 0) is 12.2 Å². The number of aromatic amines is 1. The second kappa shape index (κ2) is 7.28. The van der Waals surface area contributed by atoms with Gasteiger partial charge in [0, 0.05) is 17.3 Å². The summed E-state index contributed by atoms with van der Waals surface area (Å²) in [4.78, 5) is 23.1. The van der Waals surface area contributed by atoms with Gasteiger partial charge in [0.25, 0.3) is 5.56 Å². The summed E-state index contributed by atoms with van der Waals surface area (Å²) in [7, 11) is 0. The van der Waals surface area contributed by atoms with Gasteiger partial charge in [-0.1, -0.05) is 55.4 Å². The molecule has 6 heteroatoms. The fraction of sp³-hybridized carbons (Fsp3) is 0.235. The minimum Gasteiger partial charge on any atom is -0.440 e. The number of oxazole rings is 1. The molecule has 0 unspecified atom stereocenters. The summed E-state index contributed by atoms with van der Waals surface area (Å²) in [5, 5.41) is 0.598. The summed E-state index contributed by atoms with van der Waals surface area (Å²) in [5.74, 6) is 1.87. The molecular formula is C17H17N3O2S. The molecule has 0 fully saturated rings. The van der Waals surface area contributed by atoms with Crippen molar-refractivity contribution >= 4 is 11.8 Å². The van der Waals surface area contributed by atoms with Crippen LogP contribution in [0.25, 0.3) is 11.3 Å². The molecule has 0 bridgehead atoms. The van der Waals surface area contributed by atoms with E-state index in [1.165, 1.54) is 11.8 Å². The lowest BCUT2D eigenvalue weighted by molar-refractivity contribution is 0.529. The highest BCUT2D eigenvalue weighted by Crippen LogP contribution is 2.23. The summed E-state index contributed by atoms with van der Waals surface area (Å²) in [6.45, 7) is 2.06. The van der Waals surface area contributed by atoms with Crippen LogP contribution < -0.4 is 5.56 Å².